The highest BCUT2D eigenvalue weighted by Gasteiger charge is 2.41. The van der Waals surface area contributed by atoms with Gasteiger partial charge in [-0.25, -0.2) is 0 Å². The van der Waals surface area contributed by atoms with Gasteiger partial charge in [-0.2, -0.15) is 0 Å². The number of likely N-dealkylation sites (tertiary alicyclic amines) is 1. The number of methoxy groups -OCH3 is 2. The van der Waals surface area contributed by atoms with E-state index in [0.717, 1.165) is 23.6 Å². The van der Waals surface area contributed by atoms with Crippen molar-refractivity contribution in [1.29, 1.82) is 0 Å². The van der Waals surface area contributed by atoms with Crippen LogP contribution in [-0.4, -0.2) is 46.7 Å². The fraction of sp³-hybridized carbons (Fsp3) is 0.650. The molecule has 1 saturated heterocycles. The van der Waals surface area contributed by atoms with Crippen LogP contribution in [0.1, 0.15) is 32.8 Å². The Morgan fingerprint density at radius 1 is 1.23 bits per heavy atom. The van der Waals surface area contributed by atoms with Crippen molar-refractivity contribution in [3.8, 4) is 11.5 Å². The lowest BCUT2D eigenvalue weighted by Gasteiger charge is -2.36. The molecule has 1 aromatic rings. The van der Waals surface area contributed by atoms with Crippen LogP contribution in [0.3, 0.4) is 0 Å². The van der Waals surface area contributed by atoms with Gasteiger partial charge in [0, 0.05) is 37.1 Å². The number of amides is 1. The first-order chi connectivity index (χ1) is 12.2. The van der Waals surface area contributed by atoms with Crippen molar-refractivity contribution in [3.05, 3.63) is 23.8 Å². The lowest BCUT2D eigenvalue weighted by molar-refractivity contribution is -0.128. The average molecular weight is 380 g/mol. The van der Waals surface area contributed by atoms with Gasteiger partial charge < -0.3 is 18.8 Å². The molecule has 0 saturated carbocycles. The highest BCUT2D eigenvalue weighted by Crippen LogP contribution is 2.36. The van der Waals surface area contributed by atoms with Gasteiger partial charge in [-0.05, 0) is 30.6 Å². The van der Waals surface area contributed by atoms with Gasteiger partial charge in [0.05, 0.1) is 20.3 Å². The minimum absolute atomic E-state index is 0.0238. The summed E-state index contributed by atoms with van der Waals surface area (Å²) >= 11 is 0. The number of benzene rings is 1. The molecule has 0 N–H and O–H groups in total. The van der Waals surface area contributed by atoms with Crippen LogP contribution in [0.15, 0.2) is 18.2 Å². The Labute approximate surface area is 159 Å². The molecule has 1 aliphatic heterocycles. The molecule has 1 aliphatic rings. The van der Waals surface area contributed by atoms with Crippen LogP contribution in [0.2, 0.25) is 13.1 Å². The maximum absolute atomic E-state index is 12.6. The minimum atomic E-state index is -1.18. The number of ether oxygens (including phenoxy) is 2. The zero-order chi connectivity index (χ0) is 19.5. The smallest absolute Gasteiger partial charge is 0.223 e. The van der Waals surface area contributed by atoms with E-state index in [9.17, 15) is 4.79 Å². The first-order valence-electron chi connectivity index (χ1n) is 9.29. The standard InChI is InChI=1S/C20H33NO4Si/c1-20(2,3)19(25-26(6)7)15-10-18(22)21(13-15)12-14-8-9-16(23-4)11-17(14)24-5/h8-9,11,15,19,26H,10,12-13H2,1-7H3. The van der Waals surface area contributed by atoms with Gasteiger partial charge in [0.2, 0.25) is 5.91 Å². The van der Waals surface area contributed by atoms with Crippen molar-refractivity contribution in [2.75, 3.05) is 20.8 Å². The van der Waals surface area contributed by atoms with Crippen LogP contribution in [-0.2, 0) is 15.8 Å². The molecule has 1 aromatic carbocycles. The fourth-order valence-corrected chi connectivity index (χ4v) is 4.88. The van der Waals surface area contributed by atoms with Crippen molar-refractivity contribution in [2.24, 2.45) is 11.3 Å². The first-order valence-corrected chi connectivity index (χ1v) is 12.1. The van der Waals surface area contributed by atoms with Gasteiger partial charge in [0.15, 0.2) is 9.04 Å². The van der Waals surface area contributed by atoms with E-state index in [1.807, 2.05) is 23.1 Å². The quantitative estimate of drug-likeness (QED) is 0.681. The molecule has 1 amide bonds. The SMILES string of the molecule is COc1ccc(CN2CC(C(O[SiH](C)C)C(C)(C)C)CC2=O)c(OC)c1. The fourth-order valence-electron chi connectivity index (χ4n) is 3.66. The molecule has 2 unspecified atom stereocenters. The van der Waals surface area contributed by atoms with Crippen LogP contribution in [0.4, 0.5) is 0 Å². The van der Waals surface area contributed by atoms with E-state index in [-0.39, 0.29) is 23.3 Å². The summed E-state index contributed by atoms with van der Waals surface area (Å²) in [5.74, 6) is 1.93. The molecule has 0 aromatic heterocycles. The molecule has 6 heteroatoms. The zero-order valence-corrected chi connectivity index (χ0v) is 18.3. The second kappa shape index (κ2) is 8.44. The first kappa shape index (κ1) is 20.8. The molecular weight excluding hydrogens is 346 g/mol. The summed E-state index contributed by atoms with van der Waals surface area (Å²) in [6.45, 7) is 12.3. The van der Waals surface area contributed by atoms with E-state index in [2.05, 4.69) is 33.9 Å². The number of carbonyl (C=O) groups is 1. The Morgan fingerprint density at radius 2 is 1.92 bits per heavy atom. The summed E-state index contributed by atoms with van der Waals surface area (Å²) in [6.07, 6.45) is 0.669. The molecule has 0 bridgehead atoms. The predicted molar refractivity (Wildman–Crippen MR) is 106 cm³/mol. The van der Waals surface area contributed by atoms with Gasteiger partial charge in [-0.1, -0.05) is 20.8 Å². The third-order valence-electron chi connectivity index (χ3n) is 4.80. The van der Waals surface area contributed by atoms with Crippen LogP contribution >= 0.6 is 0 Å². The normalized spacial score (nSPS) is 19.2. The Balaban J connectivity index is 2.14. The van der Waals surface area contributed by atoms with Gasteiger partial charge in [0.1, 0.15) is 11.5 Å². The molecular formula is C20H33NO4Si. The number of carbonyl (C=O) groups excluding carboxylic acids is 1. The molecule has 5 nitrogen and oxygen atoms in total. The van der Waals surface area contributed by atoms with Crippen LogP contribution in [0, 0.1) is 11.3 Å². The molecule has 0 spiro atoms. The predicted octanol–water partition coefficient (Wildman–Crippen LogP) is 3.47. The van der Waals surface area contributed by atoms with Gasteiger partial charge >= 0.3 is 0 Å². The number of rotatable bonds is 7. The molecule has 1 heterocycles. The summed E-state index contributed by atoms with van der Waals surface area (Å²) in [5, 5.41) is 0. The Morgan fingerprint density at radius 3 is 2.46 bits per heavy atom. The molecule has 0 radical (unpaired) electrons. The molecule has 2 rings (SSSR count). The number of hydrogen-bond acceptors (Lipinski definition) is 4. The van der Waals surface area contributed by atoms with E-state index in [1.165, 1.54) is 0 Å². The third-order valence-corrected chi connectivity index (χ3v) is 5.64. The van der Waals surface area contributed by atoms with Crippen molar-refractivity contribution in [1.82, 2.24) is 4.90 Å². The van der Waals surface area contributed by atoms with Gasteiger partial charge in [-0.3, -0.25) is 4.79 Å². The van der Waals surface area contributed by atoms with E-state index >= 15 is 0 Å². The van der Waals surface area contributed by atoms with Crippen molar-refractivity contribution < 1.29 is 18.7 Å². The lowest BCUT2D eigenvalue weighted by atomic mass is 9.81. The molecule has 1 fully saturated rings. The topological polar surface area (TPSA) is 48.0 Å². The Kier molecular flexibility index (Phi) is 6.74. The highest BCUT2D eigenvalue weighted by molar-refractivity contribution is 6.48. The number of nitrogens with zero attached hydrogens (tertiary/aromatic N) is 1. The largest absolute Gasteiger partial charge is 0.497 e. The van der Waals surface area contributed by atoms with E-state index in [0.29, 0.717) is 13.0 Å². The maximum Gasteiger partial charge on any atom is 0.223 e. The van der Waals surface area contributed by atoms with Crippen LogP contribution in [0.5, 0.6) is 11.5 Å². The second-order valence-electron chi connectivity index (χ2n) is 8.39. The monoisotopic (exact) mass is 379 g/mol. The van der Waals surface area contributed by atoms with Gasteiger partial charge in [0.25, 0.3) is 0 Å². The zero-order valence-electron chi connectivity index (χ0n) is 17.2. The summed E-state index contributed by atoms with van der Waals surface area (Å²) in [5.41, 5.74) is 1.02. The average Bonchev–Trinajstić information content (AvgIpc) is 2.92. The number of hydrogen-bond donors (Lipinski definition) is 0. The molecule has 26 heavy (non-hydrogen) atoms. The van der Waals surface area contributed by atoms with Crippen LogP contribution < -0.4 is 9.47 Å². The second-order valence-corrected chi connectivity index (χ2v) is 10.8. The Bertz CT molecular complexity index is 627. The highest BCUT2D eigenvalue weighted by atomic mass is 28.3. The summed E-state index contributed by atoms with van der Waals surface area (Å²) in [6, 6.07) is 5.73. The Hall–Kier alpha value is -1.53. The van der Waals surface area contributed by atoms with Crippen molar-refractivity contribution >= 4 is 14.9 Å². The van der Waals surface area contributed by atoms with Gasteiger partial charge in [-0.15, -0.1) is 0 Å². The van der Waals surface area contributed by atoms with E-state index < -0.39 is 9.04 Å². The van der Waals surface area contributed by atoms with Crippen molar-refractivity contribution in [3.63, 3.8) is 0 Å². The van der Waals surface area contributed by atoms with E-state index in [4.69, 9.17) is 13.9 Å². The molecule has 146 valence electrons. The summed E-state index contributed by atoms with van der Waals surface area (Å²) in [4.78, 5) is 14.6. The summed E-state index contributed by atoms with van der Waals surface area (Å²) in [7, 11) is 2.10. The summed E-state index contributed by atoms with van der Waals surface area (Å²) < 4.78 is 17.1. The maximum atomic E-state index is 12.6. The third kappa shape index (κ3) is 5.01. The van der Waals surface area contributed by atoms with E-state index in [1.54, 1.807) is 14.2 Å². The lowest BCUT2D eigenvalue weighted by Crippen LogP contribution is -2.40. The molecule has 2 atom stereocenters. The van der Waals surface area contributed by atoms with Crippen LogP contribution in [0.25, 0.3) is 0 Å². The molecule has 0 aliphatic carbocycles. The van der Waals surface area contributed by atoms with Crippen molar-refractivity contribution in [2.45, 2.75) is 52.9 Å². The minimum Gasteiger partial charge on any atom is -0.497 e.